The van der Waals surface area contributed by atoms with Crippen molar-refractivity contribution in [1.82, 2.24) is 10.2 Å². The summed E-state index contributed by atoms with van der Waals surface area (Å²) in [4.78, 5) is 12.1. The highest BCUT2D eigenvalue weighted by atomic mass is 16.7. The molecule has 0 unspecified atom stereocenters. The first-order valence-corrected chi connectivity index (χ1v) is 8.52. The quantitative estimate of drug-likeness (QED) is 0.704. The fourth-order valence-corrected chi connectivity index (χ4v) is 2.62. The summed E-state index contributed by atoms with van der Waals surface area (Å²) in [6, 6.07) is 16.0. The van der Waals surface area contributed by atoms with Crippen LogP contribution >= 0.6 is 0 Å². The molecule has 0 spiro atoms. The van der Waals surface area contributed by atoms with Gasteiger partial charge >= 0.3 is 0 Å². The molecule has 8 heteroatoms. The van der Waals surface area contributed by atoms with E-state index in [-0.39, 0.29) is 19.3 Å². The van der Waals surface area contributed by atoms with Crippen molar-refractivity contribution in [1.29, 1.82) is 0 Å². The Labute approximate surface area is 161 Å². The second-order valence-electron chi connectivity index (χ2n) is 5.89. The summed E-state index contributed by atoms with van der Waals surface area (Å²) in [6.07, 6.45) is 0. The zero-order valence-corrected chi connectivity index (χ0v) is 15.0. The van der Waals surface area contributed by atoms with Crippen LogP contribution in [0.15, 0.2) is 54.6 Å². The molecule has 0 fully saturated rings. The van der Waals surface area contributed by atoms with E-state index in [1.54, 1.807) is 36.4 Å². The van der Waals surface area contributed by atoms with Gasteiger partial charge in [-0.25, -0.2) is 0 Å². The first-order valence-electron chi connectivity index (χ1n) is 8.52. The normalized spacial score (nSPS) is 11.8. The Kier molecular flexibility index (Phi) is 4.92. The summed E-state index contributed by atoms with van der Waals surface area (Å²) in [5.41, 5.74) is 2.25. The van der Waals surface area contributed by atoms with Crippen molar-refractivity contribution >= 4 is 11.6 Å². The van der Waals surface area contributed by atoms with Crippen molar-refractivity contribution < 1.29 is 23.7 Å². The van der Waals surface area contributed by atoms with Crippen LogP contribution in [0.2, 0.25) is 0 Å². The van der Waals surface area contributed by atoms with Crippen molar-refractivity contribution in [3.8, 4) is 34.4 Å². The summed E-state index contributed by atoms with van der Waals surface area (Å²) in [5, 5.41) is 10.8. The Bertz CT molecular complexity index is 974. The number of hydrogen-bond acceptors (Lipinski definition) is 7. The van der Waals surface area contributed by atoms with Gasteiger partial charge < -0.3 is 24.3 Å². The predicted octanol–water partition coefficient (Wildman–Crippen LogP) is 2.90. The summed E-state index contributed by atoms with van der Waals surface area (Å²) >= 11 is 0. The number of anilines is 1. The first-order chi connectivity index (χ1) is 13.7. The minimum atomic E-state index is -0.269. The number of carbonyl (C=O) groups is 1. The van der Waals surface area contributed by atoms with Gasteiger partial charge in [0.1, 0.15) is 5.75 Å². The number of hydrogen-bond donors (Lipinski definition) is 1. The highest BCUT2D eigenvalue weighted by molar-refractivity contribution is 5.92. The largest absolute Gasteiger partial charge is 0.484 e. The average molecular weight is 379 g/mol. The van der Waals surface area contributed by atoms with Crippen LogP contribution in [0.3, 0.4) is 0 Å². The second kappa shape index (κ2) is 7.83. The van der Waals surface area contributed by atoms with Crippen LogP contribution in [0, 0.1) is 0 Å². The molecule has 4 rings (SSSR count). The van der Waals surface area contributed by atoms with E-state index in [0.29, 0.717) is 34.5 Å². The maximum Gasteiger partial charge on any atom is 0.262 e. The standard InChI is InChI=1S/C20H17N3O5/c1-25-20-9-7-16(22-23-20)13-2-4-14(5-3-13)21-19(24)11-26-15-6-8-17-18(10-15)28-12-27-17/h2-10H,11-12H2,1H3,(H,21,24). The molecule has 1 N–H and O–H groups in total. The van der Waals surface area contributed by atoms with Crippen molar-refractivity contribution in [2.45, 2.75) is 0 Å². The number of nitrogens with one attached hydrogen (secondary N) is 1. The van der Waals surface area contributed by atoms with Gasteiger partial charge in [-0.05, 0) is 30.3 Å². The molecule has 2 aromatic carbocycles. The van der Waals surface area contributed by atoms with Crippen molar-refractivity contribution in [2.24, 2.45) is 0 Å². The molecular formula is C20H17N3O5. The smallest absolute Gasteiger partial charge is 0.262 e. The van der Waals surface area contributed by atoms with Gasteiger partial charge in [0.2, 0.25) is 12.7 Å². The van der Waals surface area contributed by atoms with E-state index in [4.69, 9.17) is 18.9 Å². The molecule has 28 heavy (non-hydrogen) atoms. The van der Waals surface area contributed by atoms with Gasteiger partial charge in [0.05, 0.1) is 12.8 Å². The number of rotatable bonds is 6. The van der Waals surface area contributed by atoms with Gasteiger partial charge in [-0.1, -0.05) is 12.1 Å². The third-order valence-corrected chi connectivity index (χ3v) is 4.03. The number of amides is 1. The maximum absolute atomic E-state index is 12.1. The van der Waals surface area contributed by atoms with Gasteiger partial charge in [0, 0.05) is 23.4 Å². The van der Waals surface area contributed by atoms with Crippen molar-refractivity contribution in [2.75, 3.05) is 25.8 Å². The molecular weight excluding hydrogens is 362 g/mol. The molecule has 3 aromatic rings. The zero-order chi connectivity index (χ0) is 19.3. The Morgan fingerprint density at radius 1 is 1.04 bits per heavy atom. The minimum Gasteiger partial charge on any atom is -0.484 e. The lowest BCUT2D eigenvalue weighted by atomic mass is 10.1. The van der Waals surface area contributed by atoms with E-state index >= 15 is 0 Å². The lowest BCUT2D eigenvalue weighted by Gasteiger charge is -2.09. The Morgan fingerprint density at radius 3 is 2.61 bits per heavy atom. The van der Waals surface area contributed by atoms with E-state index in [2.05, 4.69) is 15.5 Å². The van der Waals surface area contributed by atoms with Crippen molar-refractivity contribution in [3.05, 3.63) is 54.6 Å². The van der Waals surface area contributed by atoms with E-state index in [9.17, 15) is 4.79 Å². The van der Waals surface area contributed by atoms with E-state index < -0.39 is 0 Å². The number of fused-ring (bicyclic) bond motifs is 1. The van der Waals surface area contributed by atoms with Crippen LogP contribution in [0.4, 0.5) is 5.69 Å². The molecule has 2 heterocycles. The van der Waals surface area contributed by atoms with E-state index in [1.165, 1.54) is 7.11 Å². The molecule has 0 saturated heterocycles. The molecule has 142 valence electrons. The topological polar surface area (TPSA) is 91.8 Å². The molecule has 1 aromatic heterocycles. The lowest BCUT2D eigenvalue weighted by Crippen LogP contribution is -2.20. The Balaban J connectivity index is 1.32. The van der Waals surface area contributed by atoms with Gasteiger partial charge in [0.25, 0.3) is 5.91 Å². The van der Waals surface area contributed by atoms with Crippen LogP contribution in [-0.4, -0.2) is 36.6 Å². The molecule has 1 aliphatic heterocycles. The van der Waals surface area contributed by atoms with Crippen LogP contribution in [0.5, 0.6) is 23.1 Å². The molecule has 1 aliphatic rings. The predicted molar refractivity (Wildman–Crippen MR) is 101 cm³/mol. The monoisotopic (exact) mass is 379 g/mol. The minimum absolute atomic E-state index is 0.120. The van der Waals surface area contributed by atoms with Crippen LogP contribution in [0.1, 0.15) is 0 Å². The molecule has 0 aliphatic carbocycles. The fourth-order valence-electron chi connectivity index (χ4n) is 2.62. The number of benzene rings is 2. The van der Waals surface area contributed by atoms with Gasteiger partial charge in [0.15, 0.2) is 18.1 Å². The number of nitrogens with zero attached hydrogens (tertiary/aromatic N) is 2. The number of carbonyl (C=O) groups excluding carboxylic acids is 1. The summed E-state index contributed by atoms with van der Waals surface area (Å²) < 4.78 is 21.0. The molecule has 1 amide bonds. The van der Waals surface area contributed by atoms with Gasteiger partial charge in [-0.2, -0.15) is 0 Å². The van der Waals surface area contributed by atoms with E-state index in [0.717, 1.165) is 5.56 Å². The summed E-state index contributed by atoms with van der Waals surface area (Å²) in [5.74, 6) is 1.99. The maximum atomic E-state index is 12.1. The Hall–Kier alpha value is -3.81. The molecule has 0 saturated carbocycles. The number of methoxy groups -OCH3 is 1. The molecule has 0 bridgehead atoms. The number of aromatic nitrogens is 2. The average Bonchev–Trinajstić information content (AvgIpc) is 3.21. The summed E-state index contributed by atoms with van der Waals surface area (Å²) in [7, 11) is 1.54. The number of ether oxygens (including phenoxy) is 4. The van der Waals surface area contributed by atoms with Crippen LogP contribution in [-0.2, 0) is 4.79 Å². The van der Waals surface area contributed by atoms with Gasteiger partial charge in [-0.3, -0.25) is 4.79 Å². The van der Waals surface area contributed by atoms with Crippen LogP contribution in [0.25, 0.3) is 11.3 Å². The van der Waals surface area contributed by atoms with Gasteiger partial charge in [-0.15, -0.1) is 10.2 Å². The van der Waals surface area contributed by atoms with E-state index in [1.807, 2.05) is 18.2 Å². The van der Waals surface area contributed by atoms with Crippen molar-refractivity contribution in [3.63, 3.8) is 0 Å². The Morgan fingerprint density at radius 2 is 1.86 bits per heavy atom. The highest BCUT2D eigenvalue weighted by Crippen LogP contribution is 2.35. The second-order valence-corrected chi connectivity index (χ2v) is 5.89. The van der Waals surface area contributed by atoms with Crippen LogP contribution < -0.4 is 24.3 Å². The SMILES string of the molecule is COc1ccc(-c2ccc(NC(=O)COc3ccc4c(c3)OCO4)cc2)nn1. The first kappa shape index (κ1) is 17.6. The third kappa shape index (κ3) is 3.96. The fraction of sp³-hybridized carbons (Fsp3) is 0.150. The lowest BCUT2D eigenvalue weighted by molar-refractivity contribution is -0.118. The third-order valence-electron chi connectivity index (χ3n) is 4.03. The molecule has 0 atom stereocenters. The highest BCUT2D eigenvalue weighted by Gasteiger charge is 2.14. The molecule has 0 radical (unpaired) electrons. The summed E-state index contributed by atoms with van der Waals surface area (Å²) in [6.45, 7) is 0.0721. The zero-order valence-electron chi connectivity index (χ0n) is 15.0. The molecule has 8 nitrogen and oxygen atoms in total.